The van der Waals surface area contributed by atoms with E-state index >= 15 is 0 Å². The summed E-state index contributed by atoms with van der Waals surface area (Å²) in [5.74, 6) is 1.45. The smallest absolute Gasteiger partial charge is 0.119 e. The maximum absolute atomic E-state index is 9.23. The van der Waals surface area contributed by atoms with E-state index in [0.29, 0.717) is 12.5 Å². The van der Waals surface area contributed by atoms with Crippen molar-refractivity contribution >= 4 is 0 Å². The zero-order valence-corrected chi connectivity index (χ0v) is 12.8. The zero-order chi connectivity index (χ0) is 14.4. The van der Waals surface area contributed by atoms with Gasteiger partial charge in [-0.1, -0.05) is 6.07 Å². The molecule has 1 N–H and O–H groups in total. The fourth-order valence-electron chi connectivity index (χ4n) is 2.79. The van der Waals surface area contributed by atoms with Crippen molar-refractivity contribution in [2.75, 3.05) is 32.8 Å². The van der Waals surface area contributed by atoms with Gasteiger partial charge in [-0.3, -0.25) is 0 Å². The van der Waals surface area contributed by atoms with Gasteiger partial charge < -0.3 is 14.7 Å². The highest BCUT2D eigenvalue weighted by molar-refractivity contribution is 5.33. The molecule has 0 amide bonds. The third-order valence-corrected chi connectivity index (χ3v) is 4.23. The number of rotatable bonds is 6. The molecule has 1 fully saturated rings. The van der Waals surface area contributed by atoms with E-state index in [4.69, 9.17) is 4.74 Å². The average molecular weight is 277 g/mol. The summed E-state index contributed by atoms with van der Waals surface area (Å²) in [5, 5.41) is 9.23. The number of benzene rings is 1. The summed E-state index contributed by atoms with van der Waals surface area (Å²) in [6, 6.07) is 6.27. The van der Waals surface area contributed by atoms with Gasteiger partial charge in [-0.25, -0.2) is 0 Å². The lowest BCUT2D eigenvalue weighted by molar-refractivity contribution is 0.115. The van der Waals surface area contributed by atoms with Crippen LogP contribution in [-0.4, -0.2) is 42.9 Å². The quantitative estimate of drug-likeness (QED) is 0.812. The lowest BCUT2D eigenvalue weighted by atomic mass is 9.99. The summed E-state index contributed by atoms with van der Waals surface area (Å²) in [4.78, 5) is 2.45. The summed E-state index contributed by atoms with van der Waals surface area (Å²) in [5.41, 5.74) is 2.59. The highest BCUT2D eigenvalue weighted by Crippen LogP contribution is 2.18. The molecular weight excluding hydrogens is 250 g/mol. The second-order valence-corrected chi connectivity index (χ2v) is 5.94. The van der Waals surface area contributed by atoms with Crippen LogP contribution in [0.4, 0.5) is 0 Å². The van der Waals surface area contributed by atoms with Gasteiger partial charge in [-0.2, -0.15) is 0 Å². The predicted molar refractivity (Wildman–Crippen MR) is 82.3 cm³/mol. The van der Waals surface area contributed by atoms with Gasteiger partial charge in [0.2, 0.25) is 0 Å². The molecule has 112 valence electrons. The Labute approximate surface area is 122 Å². The standard InChI is InChI=1S/C17H27NO2/c1-14-6-7-17(11-15(14)2)20-10-4-9-18-8-3-5-16(12-18)13-19/h6-7,11,16,19H,3-5,8-10,12-13H2,1-2H3. The Hall–Kier alpha value is -1.06. The minimum Gasteiger partial charge on any atom is -0.494 e. The Morgan fingerprint density at radius 1 is 1.30 bits per heavy atom. The molecule has 1 atom stereocenters. The molecule has 2 rings (SSSR count). The Morgan fingerprint density at radius 3 is 2.90 bits per heavy atom. The van der Waals surface area contributed by atoms with Gasteiger partial charge >= 0.3 is 0 Å². The third kappa shape index (κ3) is 4.50. The van der Waals surface area contributed by atoms with E-state index in [9.17, 15) is 5.11 Å². The van der Waals surface area contributed by atoms with Crippen molar-refractivity contribution in [3.05, 3.63) is 29.3 Å². The van der Waals surface area contributed by atoms with Crippen LogP contribution >= 0.6 is 0 Å². The minimum atomic E-state index is 0.329. The van der Waals surface area contributed by atoms with Crippen LogP contribution in [0.5, 0.6) is 5.75 Å². The van der Waals surface area contributed by atoms with Crippen LogP contribution in [0.25, 0.3) is 0 Å². The van der Waals surface area contributed by atoms with Gasteiger partial charge in [-0.05, 0) is 68.8 Å². The molecule has 20 heavy (non-hydrogen) atoms. The van der Waals surface area contributed by atoms with E-state index in [-0.39, 0.29) is 0 Å². The SMILES string of the molecule is Cc1ccc(OCCCN2CCCC(CO)C2)cc1C. The molecule has 0 spiro atoms. The van der Waals surface area contributed by atoms with E-state index in [1.165, 1.54) is 30.5 Å². The number of aliphatic hydroxyl groups is 1. The van der Waals surface area contributed by atoms with Crippen LogP contribution in [-0.2, 0) is 0 Å². The van der Waals surface area contributed by atoms with E-state index in [0.717, 1.165) is 31.9 Å². The van der Waals surface area contributed by atoms with Gasteiger partial charge in [-0.15, -0.1) is 0 Å². The van der Waals surface area contributed by atoms with Crippen LogP contribution in [0.15, 0.2) is 18.2 Å². The predicted octanol–water partition coefficient (Wildman–Crippen LogP) is 2.78. The van der Waals surface area contributed by atoms with Crippen LogP contribution in [0.1, 0.15) is 30.4 Å². The summed E-state index contributed by atoms with van der Waals surface area (Å²) < 4.78 is 5.81. The maximum Gasteiger partial charge on any atom is 0.119 e. The molecule has 3 nitrogen and oxygen atoms in total. The second kappa shape index (κ2) is 7.65. The monoisotopic (exact) mass is 277 g/mol. The van der Waals surface area contributed by atoms with Crippen molar-refractivity contribution in [2.24, 2.45) is 5.92 Å². The first-order chi connectivity index (χ1) is 9.69. The third-order valence-electron chi connectivity index (χ3n) is 4.23. The van der Waals surface area contributed by atoms with Gasteiger partial charge in [0.15, 0.2) is 0 Å². The second-order valence-electron chi connectivity index (χ2n) is 5.94. The molecule has 1 aromatic rings. The zero-order valence-electron chi connectivity index (χ0n) is 12.8. The average Bonchev–Trinajstić information content (AvgIpc) is 2.47. The molecule has 0 saturated carbocycles. The number of hydrogen-bond acceptors (Lipinski definition) is 3. The van der Waals surface area contributed by atoms with E-state index in [1.807, 2.05) is 6.07 Å². The molecule has 1 unspecified atom stereocenters. The molecule has 1 aliphatic heterocycles. The van der Waals surface area contributed by atoms with Crippen molar-refractivity contribution in [3.63, 3.8) is 0 Å². The van der Waals surface area contributed by atoms with Gasteiger partial charge in [0, 0.05) is 19.7 Å². The number of nitrogens with zero attached hydrogens (tertiary/aromatic N) is 1. The van der Waals surface area contributed by atoms with E-state index in [2.05, 4.69) is 30.9 Å². The highest BCUT2D eigenvalue weighted by atomic mass is 16.5. The van der Waals surface area contributed by atoms with Gasteiger partial charge in [0.25, 0.3) is 0 Å². The number of piperidine rings is 1. The summed E-state index contributed by atoms with van der Waals surface area (Å²) in [7, 11) is 0. The van der Waals surface area contributed by atoms with Gasteiger partial charge in [0.1, 0.15) is 5.75 Å². The molecule has 3 heteroatoms. The van der Waals surface area contributed by atoms with Gasteiger partial charge in [0.05, 0.1) is 6.61 Å². The summed E-state index contributed by atoms with van der Waals surface area (Å²) >= 11 is 0. The molecule has 0 aromatic heterocycles. The first-order valence-corrected chi connectivity index (χ1v) is 7.72. The Balaban J connectivity index is 1.67. The van der Waals surface area contributed by atoms with E-state index < -0.39 is 0 Å². The van der Waals surface area contributed by atoms with Crippen LogP contribution < -0.4 is 4.74 Å². The molecular formula is C17H27NO2. The minimum absolute atomic E-state index is 0.329. The van der Waals surface area contributed by atoms with Crippen LogP contribution in [0.3, 0.4) is 0 Å². The summed E-state index contributed by atoms with van der Waals surface area (Å²) in [6.07, 6.45) is 3.43. The molecule has 0 radical (unpaired) electrons. The lowest BCUT2D eigenvalue weighted by Gasteiger charge is -2.31. The van der Waals surface area contributed by atoms with Crippen LogP contribution in [0, 0.1) is 19.8 Å². The number of ether oxygens (including phenoxy) is 1. The van der Waals surface area contributed by atoms with Crippen molar-refractivity contribution in [1.82, 2.24) is 4.90 Å². The highest BCUT2D eigenvalue weighted by Gasteiger charge is 2.18. The molecule has 1 aromatic carbocycles. The summed E-state index contributed by atoms with van der Waals surface area (Å²) in [6.45, 7) is 8.61. The number of aryl methyl sites for hydroxylation is 2. The first kappa shape index (κ1) is 15.3. The van der Waals surface area contributed by atoms with Crippen molar-refractivity contribution in [1.29, 1.82) is 0 Å². The normalized spacial score (nSPS) is 20.1. The van der Waals surface area contributed by atoms with Crippen molar-refractivity contribution in [3.8, 4) is 5.75 Å². The van der Waals surface area contributed by atoms with Crippen molar-refractivity contribution < 1.29 is 9.84 Å². The maximum atomic E-state index is 9.23. The molecule has 1 aliphatic rings. The van der Waals surface area contributed by atoms with Crippen LogP contribution in [0.2, 0.25) is 0 Å². The largest absolute Gasteiger partial charge is 0.494 e. The van der Waals surface area contributed by atoms with Crippen molar-refractivity contribution in [2.45, 2.75) is 33.1 Å². The molecule has 1 heterocycles. The number of likely N-dealkylation sites (tertiary alicyclic amines) is 1. The number of hydrogen-bond donors (Lipinski definition) is 1. The molecule has 1 saturated heterocycles. The fourth-order valence-corrected chi connectivity index (χ4v) is 2.79. The fraction of sp³-hybridized carbons (Fsp3) is 0.647. The topological polar surface area (TPSA) is 32.7 Å². The Kier molecular flexibility index (Phi) is 5.86. The molecule has 0 bridgehead atoms. The number of aliphatic hydroxyl groups excluding tert-OH is 1. The van der Waals surface area contributed by atoms with E-state index in [1.54, 1.807) is 0 Å². The molecule has 0 aliphatic carbocycles. The first-order valence-electron chi connectivity index (χ1n) is 7.72. The Bertz CT molecular complexity index is 419. The lowest BCUT2D eigenvalue weighted by Crippen LogP contribution is -2.37. The Morgan fingerprint density at radius 2 is 2.15 bits per heavy atom.